The van der Waals surface area contributed by atoms with Gasteiger partial charge in [-0.25, -0.2) is 4.79 Å². The largest absolute Gasteiger partial charge is 0.332 e. The van der Waals surface area contributed by atoms with Crippen LogP contribution in [0.5, 0.6) is 0 Å². The van der Waals surface area contributed by atoms with E-state index in [-0.39, 0.29) is 0 Å². The summed E-state index contributed by atoms with van der Waals surface area (Å²) in [6.45, 7) is 4.30. The number of likely N-dealkylation sites (tertiary alicyclic amines) is 1. The molecule has 2 aliphatic heterocycles. The second-order valence-electron chi connectivity index (χ2n) is 7.74. The number of hydrogen-bond acceptors (Lipinski definition) is 4. The van der Waals surface area contributed by atoms with E-state index in [2.05, 4.69) is 11.8 Å². The minimum absolute atomic E-state index is 0.304. The number of imide groups is 2. The van der Waals surface area contributed by atoms with E-state index in [4.69, 9.17) is 0 Å². The van der Waals surface area contributed by atoms with Crippen LogP contribution < -0.4 is 0 Å². The number of barbiturate groups is 1. The van der Waals surface area contributed by atoms with Gasteiger partial charge in [-0.15, -0.1) is 0 Å². The first-order valence-electron chi connectivity index (χ1n) is 9.22. The normalized spacial score (nSPS) is 24.3. The molecule has 0 aliphatic carbocycles. The zero-order valence-electron chi connectivity index (χ0n) is 15.8. The maximum atomic E-state index is 13.2. The highest BCUT2D eigenvalue weighted by molar-refractivity contribution is 6.19. The van der Waals surface area contributed by atoms with Crippen LogP contribution in [0.15, 0.2) is 30.3 Å². The van der Waals surface area contributed by atoms with Gasteiger partial charge in [0.1, 0.15) is 5.41 Å². The molecule has 2 fully saturated rings. The van der Waals surface area contributed by atoms with Crippen LogP contribution in [0.3, 0.4) is 0 Å². The number of carbonyl (C=O) groups excluding carboxylic acids is 3. The van der Waals surface area contributed by atoms with E-state index in [1.807, 2.05) is 30.3 Å². The molecule has 0 N–H and O–H groups in total. The molecule has 2 saturated heterocycles. The Labute approximate surface area is 154 Å². The van der Waals surface area contributed by atoms with Crippen molar-refractivity contribution < 1.29 is 14.4 Å². The van der Waals surface area contributed by atoms with E-state index in [1.165, 1.54) is 20.5 Å². The minimum Gasteiger partial charge on any atom is -0.301 e. The Morgan fingerprint density at radius 3 is 2.23 bits per heavy atom. The zero-order valence-corrected chi connectivity index (χ0v) is 15.8. The fraction of sp³-hybridized carbons (Fsp3) is 0.550. The molecular formula is C20H27N3O3. The lowest BCUT2D eigenvalue weighted by Crippen LogP contribution is -2.67. The van der Waals surface area contributed by atoms with Gasteiger partial charge in [0, 0.05) is 27.2 Å². The third kappa shape index (κ3) is 3.26. The van der Waals surface area contributed by atoms with Gasteiger partial charge >= 0.3 is 6.03 Å². The summed E-state index contributed by atoms with van der Waals surface area (Å²) in [7, 11) is 2.93. The fourth-order valence-corrected chi connectivity index (χ4v) is 4.23. The average molecular weight is 357 g/mol. The number of nitrogens with zero attached hydrogens (tertiary/aromatic N) is 3. The summed E-state index contributed by atoms with van der Waals surface area (Å²) < 4.78 is 0. The van der Waals surface area contributed by atoms with Crippen LogP contribution in [-0.2, 0) is 16.0 Å². The molecule has 1 aromatic carbocycles. The van der Waals surface area contributed by atoms with E-state index in [9.17, 15) is 14.4 Å². The van der Waals surface area contributed by atoms with Crippen molar-refractivity contribution in [2.75, 3.05) is 33.7 Å². The van der Waals surface area contributed by atoms with E-state index in [0.717, 1.165) is 34.9 Å². The molecule has 0 saturated carbocycles. The van der Waals surface area contributed by atoms with E-state index >= 15 is 0 Å². The molecule has 1 aromatic rings. The third-order valence-corrected chi connectivity index (χ3v) is 5.59. The van der Waals surface area contributed by atoms with Crippen LogP contribution in [0.25, 0.3) is 0 Å². The van der Waals surface area contributed by atoms with Crippen molar-refractivity contribution >= 4 is 17.8 Å². The highest BCUT2D eigenvalue weighted by Crippen LogP contribution is 2.34. The molecule has 6 heteroatoms. The Hall–Kier alpha value is -2.21. The predicted molar refractivity (Wildman–Crippen MR) is 98.4 cm³/mol. The first-order chi connectivity index (χ1) is 12.3. The smallest absolute Gasteiger partial charge is 0.301 e. The average Bonchev–Trinajstić information content (AvgIpc) is 2.64. The lowest BCUT2D eigenvalue weighted by atomic mass is 9.76. The third-order valence-electron chi connectivity index (χ3n) is 5.59. The Balaban J connectivity index is 1.98. The summed E-state index contributed by atoms with van der Waals surface area (Å²) in [6, 6.07) is 9.02. The number of urea groups is 1. The van der Waals surface area contributed by atoms with Gasteiger partial charge in [0.25, 0.3) is 0 Å². The standard InChI is InChI=1S/C20H27N3O3/c1-15-8-7-11-23(13-15)14-20(12-16-9-5-4-6-10-16)17(24)21(2)19(26)22(3)18(20)25/h4-6,9-10,15H,7-8,11-14H2,1-3H3/t15-/m1/s1. The van der Waals surface area contributed by atoms with Crippen molar-refractivity contribution in [1.29, 1.82) is 0 Å². The maximum absolute atomic E-state index is 13.2. The molecule has 1 atom stereocenters. The van der Waals surface area contributed by atoms with Crippen molar-refractivity contribution in [2.45, 2.75) is 26.2 Å². The lowest BCUT2D eigenvalue weighted by molar-refractivity contribution is -0.159. The van der Waals surface area contributed by atoms with Gasteiger partial charge in [-0.3, -0.25) is 19.4 Å². The van der Waals surface area contributed by atoms with Crippen molar-refractivity contribution in [3.63, 3.8) is 0 Å². The van der Waals surface area contributed by atoms with Crippen LogP contribution >= 0.6 is 0 Å². The summed E-state index contributed by atoms with van der Waals surface area (Å²) in [6.07, 6.45) is 2.54. The van der Waals surface area contributed by atoms with Crippen molar-refractivity contribution in [1.82, 2.24) is 14.7 Å². The second-order valence-corrected chi connectivity index (χ2v) is 7.74. The molecule has 26 heavy (non-hydrogen) atoms. The Morgan fingerprint density at radius 2 is 1.65 bits per heavy atom. The van der Waals surface area contributed by atoms with E-state index in [1.54, 1.807) is 0 Å². The number of rotatable bonds is 4. The molecule has 0 radical (unpaired) electrons. The molecule has 2 heterocycles. The highest BCUT2D eigenvalue weighted by Gasteiger charge is 2.56. The lowest BCUT2D eigenvalue weighted by Gasteiger charge is -2.45. The van der Waals surface area contributed by atoms with Gasteiger partial charge in [-0.1, -0.05) is 37.3 Å². The molecule has 0 unspecified atom stereocenters. The van der Waals surface area contributed by atoms with E-state index in [0.29, 0.717) is 18.9 Å². The molecular weight excluding hydrogens is 330 g/mol. The van der Waals surface area contributed by atoms with Gasteiger partial charge < -0.3 is 4.90 Å². The summed E-state index contributed by atoms with van der Waals surface area (Å²) >= 11 is 0. The Bertz CT molecular complexity index is 680. The minimum atomic E-state index is -1.25. The molecule has 0 aromatic heterocycles. The van der Waals surface area contributed by atoms with Crippen molar-refractivity contribution in [3.8, 4) is 0 Å². The highest BCUT2D eigenvalue weighted by atomic mass is 16.2. The number of piperidine rings is 1. The topological polar surface area (TPSA) is 60.9 Å². The van der Waals surface area contributed by atoms with Gasteiger partial charge in [0.2, 0.25) is 11.8 Å². The number of hydrogen-bond donors (Lipinski definition) is 0. The number of amides is 4. The fourth-order valence-electron chi connectivity index (χ4n) is 4.23. The molecule has 0 bridgehead atoms. The maximum Gasteiger partial charge on any atom is 0.332 e. The predicted octanol–water partition coefficient (Wildman–Crippen LogP) is 2.00. The SMILES string of the molecule is C[C@@H]1CCCN(CC2(Cc3ccccc3)C(=O)N(C)C(=O)N(C)C2=O)C1. The first kappa shape index (κ1) is 18.6. The second kappa shape index (κ2) is 7.19. The van der Waals surface area contributed by atoms with Crippen LogP contribution in [0.4, 0.5) is 4.79 Å². The molecule has 6 nitrogen and oxygen atoms in total. The first-order valence-corrected chi connectivity index (χ1v) is 9.22. The summed E-state index contributed by atoms with van der Waals surface area (Å²) in [5.41, 5.74) is -0.328. The summed E-state index contributed by atoms with van der Waals surface area (Å²) in [4.78, 5) is 43.0. The molecule has 140 valence electrons. The monoisotopic (exact) mass is 357 g/mol. The van der Waals surface area contributed by atoms with Crippen molar-refractivity contribution in [3.05, 3.63) is 35.9 Å². The van der Waals surface area contributed by atoms with Gasteiger partial charge in [0.15, 0.2) is 0 Å². The zero-order chi connectivity index (χ0) is 18.9. The number of carbonyl (C=O) groups is 3. The summed E-state index contributed by atoms with van der Waals surface area (Å²) in [5, 5.41) is 0. The Morgan fingerprint density at radius 1 is 1.04 bits per heavy atom. The van der Waals surface area contributed by atoms with Crippen LogP contribution in [0, 0.1) is 11.3 Å². The van der Waals surface area contributed by atoms with Crippen LogP contribution in [0.2, 0.25) is 0 Å². The van der Waals surface area contributed by atoms with Gasteiger partial charge in [-0.2, -0.15) is 0 Å². The summed E-state index contributed by atoms with van der Waals surface area (Å²) in [5.74, 6) is -0.247. The van der Waals surface area contributed by atoms with Gasteiger partial charge in [-0.05, 0) is 37.3 Å². The molecule has 2 aliphatic rings. The molecule has 3 rings (SSSR count). The molecule has 0 spiro atoms. The number of benzene rings is 1. The van der Waals surface area contributed by atoms with Crippen LogP contribution in [0.1, 0.15) is 25.3 Å². The van der Waals surface area contributed by atoms with Crippen LogP contribution in [-0.4, -0.2) is 66.3 Å². The van der Waals surface area contributed by atoms with Crippen molar-refractivity contribution in [2.24, 2.45) is 11.3 Å². The van der Waals surface area contributed by atoms with Gasteiger partial charge in [0.05, 0.1) is 0 Å². The Kier molecular flexibility index (Phi) is 5.14. The molecule has 4 amide bonds. The quantitative estimate of drug-likeness (QED) is 0.774. The van der Waals surface area contributed by atoms with E-state index < -0.39 is 23.3 Å².